The number of aromatic amines is 1. The molecule has 0 unspecified atom stereocenters. The van der Waals surface area contributed by atoms with Crippen molar-refractivity contribution in [1.29, 1.82) is 0 Å². The Labute approximate surface area is 183 Å². The molecule has 0 radical (unpaired) electrons. The quantitative estimate of drug-likeness (QED) is 0.550. The lowest BCUT2D eigenvalue weighted by Crippen LogP contribution is -2.15. The number of fused-ring (bicyclic) bond motifs is 1. The van der Waals surface area contributed by atoms with Crippen LogP contribution in [0, 0.1) is 13.8 Å². The van der Waals surface area contributed by atoms with Crippen LogP contribution in [0.15, 0.2) is 35.1 Å². The minimum Gasteiger partial charge on any atom is -0.495 e. The molecule has 1 aromatic heterocycles. The number of H-pyrrole nitrogens is 1. The fourth-order valence-corrected chi connectivity index (χ4v) is 4.21. The third kappa shape index (κ3) is 4.91. The average Bonchev–Trinajstić information content (AvgIpc) is 2.69. The molecule has 6 nitrogen and oxygen atoms in total. The molecule has 0 bridgehead atoms. The molecule has 3 aromatic rings. The highest BCUT2D eigenvalue weighted by atomic mass is 35.5. The van der Waals surface area contributed by atoms with E-state index in [-0.39, 0.29) is 17.1 Å². The zero-order valence-electron chi connectivity index (χ0n) is 17.2. The predicted molar refractivity (Wildman–Crippen MR) is 123 cm³/mol. The summed E-state index contributed by atoms with van der Waals surface area (Å²) in [7, 11) is 3.02. The highest BCUT2D eigenvalue weighted by Crippen LogP contribution is 2.36. The molecule has 0 aliphatic rings. The van der Waals surface area contributed by atoms with Gasteiger partial charge in [-0.05, 0) is 37.1 Å². The maximum Gasteiger partial charge on any atom is 0.234 e. The fourth-order valence-electron chi connectivity index (χ4n) is 3.24. The first-order valence-electron chi connectivity index (χ1n) is 9.24. The van der Waals surface area contributed by atoms with Crippen molar-refractivity contribution in [1.82, 2.24) is 4.98 Å². The largest absolute Gasteiger partial charge is 0.495 e. The molecule has 0 aliphatic heterocycles. The number of halogens is 1. The lowest BCUT2D eigenvalue weighted by atomic mass is 10.1. The standard InChI is InChI=1S/C22H23ClN2O4S/c1-12-5-13(2)22-15(6-12)18(26)7-14(24-22)10-30-11-21(27)25-17-8-16(23)19(28-3)9-20(17)29-4/h5-9H,10-11H2,1-4H3,(H,24,26)(H,25,27). The van der Waals surface area contributed by atoms with Crippen molar-refractivity contribution in [3.8, 4) is 11.5 Å². The Morgan fingerprint density at radius 2 is 1.83 bits per heavy atom. The summed E-state index contributed by atoms with van der Waals surface area (Å²) in [5, 5.41) is 3.86. The molecule has 2 N–H and O–H groups in total. The first kappa shape index (κ1) is 22.1. The van der Waals surface area contributed by atoms with E-state index in [4.69, 9.17) is 21.1 Å². The number of benzene rings is 2. The lowest BCUT2D eigenvalue weighted by molar-refractivity contribution is -0.113. The number of amides is 1. The van der Waals surface area contributed by atoms with E-state index in [1.165, 1.54) is 26.0 Å². The molecule has 158 valence electrons. The Kier molecular flexibility index (Phi) is 6.95. The number of rotatable bonds is 7. The number of thioether (sulfide) groups is 1. The normalized spacial score (nSPS) is 10.8. The van der Waals surface area contributed by atoms with E-state index in [9.17, 15) is 9.59 Å². The van der Waals surface area contributed by atoms with Gasteiger partial charge in [0.2, 0.25) is 5.91 Å². The SMILES string of the molecule is COc1cc(OC)c(NC(=O)CSCc2cc(=O)c3cc(C)cc(C)c3[nH]2)cc1Cl. The van der Waals surface area contributed by atoms with Gasteiger partial charge in [0.1, 0.15) is 11.5 Å². The van der Waals surface area contributed by atoms with Crippen LogP contribution in [0.3, 0.4) is 0 Å². The van der Waals surface area contributed by atoms with Crippen LogP contribution in [0.25, 0.3) is 10.9 Å². The molecular weight excluding hydrogens is 424 g/mol. The van der Waals surface area contributed by atoms with E-state index < -0.39 is 0 Å². The number of pyridine rings is 1. The number of nitrogens with one attached hydrogen (secondary N) is 2. The second-order valence-electron chi connectivity index (χ2n) is 6.89. The van der Waals surface area contributed by atoms with Gasteiger partial charge >= 0.3 is 0 Å². The number of anilines is 1. The maximum absolute atomic E-state index is 12.5. The Hall–Kier alpha value is -2.64. The fraction of sp³-hybridized carbons (Fsp3) is 0.273. The van der Waals surface area contributed by atoms with Crippen molar-refractivity contribution in [2.24, 2.45) is 0 Å². The second-order valence-corrected chi connectivity index (χ2v) is 8.28. The van der Waals surface area contributed by atoms with Crippen molar-refractivity contribution in [3.05, 3.63) is 62.4 Å². The minimum atomic E-state index is -0.200. The van der Waals surface area contributed by atoms with E-state index in [2.05, 4.69) is 10.3 Å². The van der Waals surface area contributed by atoms with Gasteiger partial charge in [0.15, 0.2) is 5.43 Å². The second kappa shape index (κ2) is 9.45. The van der Waals surface area contributed by atoms with Gasteiger partial charge in [0, 0.05) is 29.0 Å². The van der Waals surface area contributed by atoms with Crippen LogP contribution in [-0.4, -0.2) is 30.9 Å². The summed E-state index contributed by atoms with van der Waals surface area (Å²) in [5.74, 6) is 1.44. The summed E-state index contributed by atoms with van der Waals surface area (Å²) in [6.07, 6.45) is 0. The minimum absolute atomic E-state index is 0.0202. The van der Waals surface area contributed by atoms with E-state index in [1.807, 2.05) is 26.0 Å². The van der Waals surface area contributed by atoms with E-state index >= 15 is 0 Å². The van der Waals surface area contributed by atoms with Gasteiger partial charge in [-0.2, -0.15) is 0 Å². The molecule has 0 saturated carbocycles. The number of carbonyl (C=O) groups excluding carboxylic acids is 1. The topological polar surface area (TPSA) is 80.4 Å². The number of aromatic nitrogens is 1. The number of aryl methyl sites for hydroxylation is 2. The maximum atomic E-state index is 12.5. The Bertz CT molecular complexity index is 1160. The Morgan fingerprint density at radius 1 is 1.10 bits per heavy atom. The molecule has 8 heteroatoms. The van der Waals surface area contributed by atoms with Crippen molar-refractivity contribution in [2.45, 2.75) is 19.6 Å². The number of hydrogen-bond donors (Lipinski definition) is 2. The van der Waals surface area contributed by atoms with Gasteiger partial charge in [-0.25, -0.2) is 0 Å². The van der Waals surface area contributed by atoms with Crippen LogP contribution in [0.2, 0.25) is 5.02 Å². The van der Waals surface area contributed by atoms with E-state index in [1.54, 1.807) is 18.2 Å². The number of methoxy groups -OCH3 is 2. The first-order chi connectivity index (χ1) is 14.3. The van der Waals surface area contributed by atoms with Gasteiger partial charge in [-0.3, -0.25) is 9.59 Å². The molecule has 0 atom stereocenters. The third-order valence-corrected chi connectivity index (χ3v) is 5.85. The first-order valence-corrected chi connectivity index (χ1v) is 10.8. The number of hydrogen-bond acceptors (Lipinski definition) is 5. The van der Waals surface area contributed by atoms with Crippen molar-refractivity contribution in [2.75, 3.05) is 25.3 Å². The molecular formula is C22H23ClN2O4S. The molecule has 1 amide bonds. The predicted octanol–water partition coefficient (Wildman–Crippen LogP) is 4.69. The summed E-state index contributed by atoms with van der Waals surface area (Å²) in [5.41, 5.74) is 4.15. The van der Waals surface area contributed by atoms with Gasteiger partial charge < -0.3 is 19.8 Å². The molecule has 0 fully saturated rings. The van der Waals surface area contributed by atoms with Crippen molar-refractivity contribution in [3.63, 3.8) is 0 Å². The average molecular weight is 447 g/mol. The third-order valence-electron chi connectivity index (χ3n) is 4.57. The lowest BCUT2D eigenvalue weighted by Gasteiger charge is -2.13. The van der Waals surface area contributed by atoms with Gasteiger partial charge in [0.25, 0.3) is 0 Å². The Balaban J connectivity index is 1.67. The van der Waals surface area contributed by atoms with Gasteiger partial charge in [-0.1, -0.05) is 17.7 Å². The molecule has 2 aromatic carbocycles. The monoisotopic (exact) mass is 446 g/mol. The molecule has 30 heavy (non-hydrogen) atoms. The summed E-state index contributed by atoms with van der Waals surface area (Å²) in [6.45, 7) is 3.95. The molecule has 0 saturated heterocycles. The zero-order valence-corrected chi connectivity index (χ0v) is 18.8. The molecule has 0 aliphatic carbocycles. The van der Waals surface area contributed by atoms with Gasteiger partial charge in [0.05, 0.1) is 36.2 Å². The molecule has 1 heterocycles. The zero-order chi connectivity index (χ0) is 21.8. The Morgan fingerprint density at radius 3 is 2.53 bits per heavy atom. The summed E-state index contributed by atoms with van der Waals surface area (Å²) in [4.78, 5) is 28.1. The summed E-state index contributed by atoms with van der Waals surface area (Å²) >= 11 is 7.55. The van der Waals surface area contributed by atoms with Crippen LogP contribution in [0.1, 0.15) is 16.8 Å². The summed E-state index contributed by atoms with van der Waals surface area (Å²) < 4.78 is 10.4. The number of ether oxygens (including phenoxy) is 2. The molecule has 0 spiro atoms. The van der Waals surface area contributed by atoms with E-state index in [0.29, 0.717) is 33.3 Å². The highest BCUT2D eigenvalue weighted by molar-refractivity contribution is 7.99. The van der Waals surface area contributed by atoms with Crippen molar-refractivity contribution < 1.29 is 14.3 Å². The molecule has 3 rings (SSSR count). The highest BCUT2D eigenvalue weighted by Gasteiger charge is 2.13. The summed E-state index contributed by atoms with van der Waals surface area (Å²) in [6, 6.07) is 8.73. The smallest absolute Gasteiger partial charge is 0.234 e. The van der Waals surface area contributed by atoms with Crippen LogP contribution < -0.4 is 20.2 Å². The van der Waals surface area contributed by atoms with Crippen LogP contribution in [-0.2, 0) is 10.5 Å². The van der Waals surface area contributed by atoms with Crippen molar-refractivity contribution >= 4 is 45.9 Å². The van der Waals surface area contributed by atoms with Crippen LogP contribution in [0.4, 0.5) is 5.69 Å². The van der Waals surface area contributed by atoms with Gasteiger partial charge in [-0.15, -0.1) is 11.8 Å². The van der Waals surface area contributed by atoms with Crippen LogP contribution >= 0.6 is 23.4 Å². The van der Waals surface area contributed by atoms with Crippen LogP contribution in [0.5, 0.6) is 11.5 Å². The van der Waals surface area contributed by atoms with E-state index in [0.717, 1.165) is 22.3 Å². The number of carbonyl (C=O) groups is 1.